The number of ether oxygens (including phenoxy) is 1. The summed E-state index contributed by atoms with van der Waals surface area (Å²) in [6.45, 7) is 3.25. The maximum atomic E-state index is 5.47. The van der Waals surface area contributed by atoms with E-state index < -0.39 is 0 Å². The molecule has 6 rings (SSSR count). The number of benzene rings is 3. The summed E-state index contributed by atoms with van der Waals surface area (Å²) in [4.78, 5) is 15.2. The molecule has 0 atom stereocenters. The van der Waals surface area contributed by atoms with Crippen LogP contribution >= 0.6 is 0 Å². The van der Waals surface area contributed by atoms with Crippen LogP contribution in [0.2, 0.25) is 0 Å². The molecule has 5 aromatic rings. The van der Waals surface area contributed by atoms with E-state index in [1.807, 2.05) is 36.5 Å². The van der Waals surface area contributed by atoms with Crippen LogP contribution in [-0.2, 0) is 4.74 Å². The number of fused-ring (bicyclic) bond motifs is 1. The number of anilines is 3. The van der Waals surface area contributed by atoms with E-state index in [1.165, 1.54) is 0 Å². The highest BCUT2D eigenvalue weighted by molar-refractivity contribution is 5.94. The second-order valence-electron chi connectivity index (χ2n) is 8.36. The van der Waals surface area contributed by atoms with Crippen molar-refractivity contribution in [1.82, 2.24) is 15.0 Å². The minimum atomic E-state index is 0.750. The van der Waals surface area contributed by atoms with E-state index in [9.17, 15) is 0 Å². The van der Waals surface area contributed by atoms with Crippen molar-refractivity contribution in [2.75, 3.05) is 36.5 Å². The molecule has 0 unspecified atom stereocenters. The minimum absolute atomic E-state index is 0.750. The Morgan fingerprint density at radius 3 is 2.53 bits per heavy atom. The summed E-state index contributed by atoms with van der Waals surface area (Å²) in [5.74, 6) is 1.85. The summed E-state index contributed by atoms with van der Waals surface area (Å²) in [5.41, 5.74) is 6.16. The van der Waals surface area contributed by atoms with Crippen LogP contribution in [-0.4, -0.2) is 41.3 Å². The van der Waals surface area contributed by atoms with E-state index in [-0.39, 0.29) is 0 Å². The van der Waals surface area contributed by atoms with E-state index in [0.717, 1.165) is 77.0 Å². The van der Waals surface area contributed by atoms with Crippen molar-refractivity contribution < 1.29 is 4.74 Å². The van der Waals surface area contributed by atoms with Crippen LogP contribution in [0.1, 0.15) is 0 Å². The Hall–Kier alpha value is -4.16. The van der Waals surface area contributed by atoms with E-state index >= 15 is 0 Å². The summed E-state index contributed by atoms with van der Waals surface area (Å²) < 4.78 is 5.47. The summed E-state index contributed by atoms with van der Waals surface area (Å²) >= 11 is 0. The molecule has 3 aromatic carbocycles. The molecule has 0 amide bonds. The van der Waals surface area contributed by atoms with Gasteiger partial charge in [-0.3, -0.25) is 0 Å². The van der Waals surface area contributed by atoms with E-state index in [4.69, 9.17) is 9.72 Å². The fraction of sp³-hybridized carbons (Fsp3) is 0.143. The maximum absolute atomic E-state index is 5.47. The van der Waals surface area contributed by atoms with E-state index in [0.29, 0.717) is 0 Å². The lowest BCUT2D eigenvalue weighted by Gasteiger charge is -2.28. The topological polar surface area (TPSA) is 66.1 Å². The standard InChI is InChI=1S/C28H25N5O/c1-2-6-20(7-3-1)26-19-29-28(32-26)21-8-4-9-22(18-21)30-24-10-5-11-25-23(24)12-13-27(31-25)33-14-16-34-17-15-33/h1-13,18-19,30H,14-17H2,(H,29,32). The van der Waals surface area contributed by atoms with Crippen LogP contribution in [0.15, 0.2) is 91.1 Å². The zero-order valence-electron chi connectivity index (χ0n) is 18.7. The van der Waals surface area contributed by atoms with E-state index in [1.54, 1.807) is 0 Å². The molecule has 1 fully saturated rings. The van der Waals surface area contributed by atoms with Gasteiger partial charge in [0.2, 0.25) is 0 Å². The highest BCUT2D eigenvalue weighted by Gasteiger charge is 2.14. The SMILES string of the molecule is c1ccc(-c2cnc(-c3cccc(Nc4cccc5nc(N6CCOCC6)ccc45)c3)[nH]2)cc1. The number of imidazole rings is 1. The highest BCUT2D eigenvalue weighted by Crippen LogP contribution is 2.30. The van der Waals surface area contributed by atoms with Gasteiger partial charge in [-0.05, 0) is 42.0 Å². The Morgan fingerprint density at radius 2 is 1.65 bits per heavy atom. The van der Waals surface area contributed by atoms with Crippen LogP contribution in [0.3, 0.4) is 0 Å². The third kappa shape index (κ3) is 4.11. The van der Waals surface area contributed by atoms with Gasteiger partial charge in [-0.1, -0.05) is 48.5 Å². The van der Waals surface area contributed by atoms with Crippen molar-refractivity contribution in [3.63, 3.8) is 0 Å². The number of H-pyrrole nitrogens is 1. The van der Waals surface area contributed by atoms with Crippen molar-refractivity contribution >= 4 is 28.1 Å². The van der Waals surface area contributed by atoms with Gasteiger partial charge in [0.15, 0.2) is 0 Å². The summed E-state index contributed by atoms with van der Waals surface area (Å²) in [7, 11) is 0. The second-order valence-corrected chi connectivity index (χ2v) is 8.36. The predicted octanol–water partition coefficient (Wildman–Crippen LogP) is 5.87. The smallest absolute Gasteiger partial charge is 0.137 e. The van der Waals surface area contributed by atoms with Gasteiger partial charge in [0.1, 0.15) is 11.6 Å². The molecular weight excluding hydrogens is 422 g/mol. The quantitative estimate of drug-likeness (QED) is 0.353. The zero-order valence-corrected chi connectivity index (χ0v) is 18.7. The molecule has 2 N–H and O–H groups in total. The Balaban J connectivity index is 1.27. The number of nitrogens with zero attached hydrogens (tertiary/aromatic N) is 3. The van der Waals surface area contributed by atoms with Gasteiger partial charge in [0, 0.05) is 35.4 Å². The van der Waals surface area contributed by atoms with Gasteiger partial charge in [0.05, 0.1) is 30.6 Å². The molecule has 34 heavy (non-hydrogen) atoms. The largest absolute Gasteiger partial charge is 0.378 e. The molecule has 0 spiro atoms. The van der Waals surface area contributed by atoms with Crippen LogP contribution in [0.5, 0.6) is 0 Å². The first-order valence-electron chi connectivity index (χ1n) is 11.5. The Morgan fingerprint density at radius 1 is 0.824 bits per heavy atom. The average molecular weight is 448 g/mol. The number of hydrogen-bond donors (Lipinski definition) is 2. The maximum Gasteiger partial charge on any atom is 0.137 e. The average Bonchev–Trinajstić information content (AvgIpc) is 3.40. The van der Waals surface area contributed by atoms with E-state index in [2.05, 4.69) is 74.8 Å². The van der Waals surface area contributed by atoms with Gasteiger partial charge in [0.25, 0.3) is 0 Å². The molecule has 1 aliphatic rings. The molecule has 0 aliphatic carbocycles. The highest BCUT2D eigenvalue weighted by atomic mass is 16.5. The Bertz CT molecular complexity index is 1420. The first-order valence-corrected chi connectivity index (χ1v) is 11.5. The normalized spacial score (nSPS) is 13.8. The van der Waals surface area contributed by atoms with Gasteiger partial charge < -0.3 is 19.9 Å². The van der Waals surface area contributed by atoms with Gasteiger partial charge in [-0.2, -0.15) is 0 Å². The van der Waals surface area contributed by atoms with Crippen molar-refractivity contribution in [3.05, 3.63) is 91.1 Å². The molecule has 0 bridgehead atoms. The molecule has 6 nitrogen and oxygen atoms in total. The summed E-state index contributed by atoms with van der Waals surface area (Å²) in [6, 6.07) is 29.0. The number of rotatable bonds is 5. The fourth-order valence-electron chi connectivity index (χ4n) is 4.35. The minimum Gasteiger partial charge on any atom is -0.378 e. The van der Waals surface area contributed by atoms with Gasteiger partial charge in [-0.25, -0.2) is 9.97 Å². The third-order valence-corrected chi connectivity index (χ3v) is 6.13. The molecule has 2 aromatic heterocycles. The molecule has 6 heteroatoms. The Labute approximate surface area is 198 Å². The number of aromatic amines is 1. The summed E-state index contributed by atoms with van der Waals surface area (Å²) in [5, 5.41) is 4.67. The molecule has 0 radical (unpaired) electrons. The fourth-order valence-corrected chi connectivity index (χ4v) is 4.35. The van der Waals surface area contributed by atoms with Crippen LogP contribution in [0.4, 0.5) is 17.2 Å². The van der Waals surface area contributed by atoms with Crippen molar-refractivity contribution in [3.8, 4) is 22.6 Å². The Kier molecular flexibility index (Phi) is 5.41. The first-order chi connectivity index (χ1) is 16.8. The number of hydrogen-bond acceptors (Lipinski definition) is 5. The first kappa shape index (κ1) is 20.4. The molecule has 1 aliphatic heterocycles. The monoisotopic (exact) mass is 447 g/mol. The third-order valence-electron chi connectivity index (χ3n) is 6.13. The lowest BCUT2D eigenvalue weighted by Crippen LogP contribution is -2.36. The summed E-state index contributed by atoms with van der Waals surface area (Å²) in [6.07, 6.45) is 1.88. The van der Waals surface area contributed by atoms with Crippen molar-refractivity contribution in [2.24, 2.45) is 0 Å². The zero-order chi connectivity index (χ0) is 22.7. The van der Waals surface area contributed by atoms with Crippen molar-refractivity contribution in [1.29, 1.82) is 0 Å². The lowest BCUT2D eigenvalue weighted by atomic mass is 10.1. The molecular formula is C28H25N5O. The van der Waals surface area contributed by atoms with Crippen LogP contribution < -0.4 is 10.2 Å². The number of nitrogens with one attached hydrogen (secondary N) is 2. The van der Waals surface area contributed by atoms with Crippen LogP contribution in [0, 0.1) is 0 Å². The van der Waals surface area contributed by atoms with Crippen molar-refractivity contribution in [2.45, 2.75) is 0 Å². The molecule has 168 valence electrons. The van der Waals surface area contributed by atoms with Gasteiger partial charge in [-0.15, -0.1) is 0 Å². The number of pyridine rings is 1. The van der Waals surface area contributed by atoms with Gasteiger partial charge >= 0.3 is 0 Å². The number of morpholine rings is 1. The van der Waals surface area contributed by atoms with Crippen LogP contribution in [0.25, 0.3) is 33.5 Å². The molecule has 3 heterocycles. The lowest BCUT2D eigenvalue weighted by molar-refractivity contribution is 0.122. The second kappa shape index (κ2) is 9.00. The molecule has 0 saturated carbocycles. The number of aromatic nitrogens is 3. The molecule has 1 saturated heterocycles. The predicted molar refractivity (Wildman–Crippen MR) is 138 cm³/mol.